The Hall–Kier alpha value is -1.73. The van der Waals surface area contributed by atoms with E-state index in [1.807, 2.05) is 0 Å². The molecule has 1 aromatic heterocycles. The second-order valence-corrected chi connectivity index (χ2v) is 6.45. The average Bonchev–Trinajstić information content (AvgIpc) is 2.95. The van der Waals surface area contributed by atoms with Crippen LogP contribution in [0.3, 0.4) is 0 Å². The van der Waals surface area contributed by atoms with Crippen LogP contribution in [0.1, 0.15) is 22.9 Å². The van der Waals surface area contributed by atoms with Crippen LogP contribution in [0, 0.1) is 21.7 Å². The molecule has 1 unspecified atom stereocenters. The number of fused-ring (bicyclic) bond motifs is 1. The molecular weight excluding hydrogens is 322 g/mol. The normalized spacial score (nSPS) is 16.8. The number of halogens is 3. The third-order valence-corrected chi connectivity index (χ3v) is 4.77. The minimum atomic E-state index is -1.24. The van der Waals surface area contributed by atoms with E-state index in [4.69, 9.17) is 11.6 Å². The van der Waals surface area contributed by atoms with Crippen molar-refractivity contribution in [2.45, 2.75) is 18.9 Å². The highest BCUT2D eigenvalue weighted by Gasteiger charge is 2.29. The number of rotatable bonds is 3. The van der Waals surface area contributed by atoms with Crippen molar-refractivity contribution in [2.75, 3.05) is 5.32 Å². The standard InChI is InChI=1S/C13H9ClF2N2O2S/c14-11-5-6-8(2-4-10(6)21-11)17-13-9(18(19)20)3-1-7(15)12(13)16/h1,3,5,8,17H,2,4H2. The van der Waals surface area contributed by atoms with Gasteiger partial charge in [-0.2, -0.15) is 0 Å². The van der Waals surface area contributed by atoms with Crippen molar-refractivity contribution in [3.8, 4) is 0 Å². The Kier molecular flexibility index (Phi) is 3.54. The number of aryl methyl sites for hydroxylation is 1. The molecule has 0 saturated carbocycles. The van der Waals surface area contributed by atoms with Crippen molar-refractivity contribution in [2.24, 2.45) is 0 Å². The van der Waals surface area contributed by atoms with Gasteiger partial charge in [0.05, 0.1) is 15.3 Å². The molecule has 0 fully saturated rings. The Morgan fingerprint density at radius 3 is 2.90 bits per heavy atom. The van der Waals surface area contributed by atoms with Crippen LogP contribution in [0.15, 0.2) is 18.2 Å². The maximum absolute atomic E-state index is 13.9. The lowest BCUT2D eigenvalue weighted by atomic mass is 10.1. The average molecular weight is 331 g/mol. The van der Waals surface area contributed by atoms with Gasteiger partial charge < -0.3 is 5.32 Å². The highest BCUT2D eigenvalue weighted by atomic mass is 35.5. The molecule has 110 valence electrons. The van der Waals surface area contributed by atoms with Crippen molar-refractivity contribution in [1.29, 1.82) is 0 Å². The molecule has 2 aromatic rings. The lowest BCUT2D eigenvalue weighted by Gasteiger charge is -2.15. The van der Waals surface area contributed by atoms with E-state index in [1.54, 1.807) is 6.07 Å². The number of thiophene rings is 1. The van der Waals surface area contributed by atoms with Crippen LogP contribution in [0.25, 0.3) is 0 Å². The fourth-order valence-electron chi connectivity index (χ4n) is 2.48. The molecule has 0 aliphatic heterocycles. The van der Waals surface area contributed by atoms with Gasteiger partial charge in [-0.05, 0) is 30.5 Å². The Morgan fingerprint density at radius 1 is 1.43 bits per heavy atom. The Labute approximate surface area is 127 Å². The molecule has 1 N–H and O–H groups in total. The molecule has 4 nitrogen and oxygen atoms in total. The summed E-state index contributed by atoms with van der Waals surface area (Å²) >= 11 is 7.37. The zero-order chi connectivity index (χ0) is 15.1. The van der Waals surface area contributed by atoms with Crippen LogP contribution < -0.4 is 5.32 Å². The maximum Gasteiger partial charge on any atom is 0.295 e. The number of hydrogen-bond donors (Lipinski definition) is 1. The zero-order valence-corrected chi connectivity index (χ0v) is 12.1. The lowest BCUT2D eigenvalue weighted by molar-refractivity contribution is -0.384. The number of benzene rings is 1. The zero-order valence-electron chi connectivity index (χ0n) is 10.5. The largest absolute Gasteiger partial charge is 0.370 e. The molecule has 1 atom stereocenters. The highest BCUT2D eigenvalue weighted by Crippen LogP contribution is 2.42. The van der Waals surface area contributed by atoms with E-state index >= 15 is 0 Å². The Morgan fingerprint density at radius 2 is 2.19 bits per heavy atom. The predicted octanol–water partition coefficient (Wildman–Crippen LogP) is 4.69. The fourth-order valence-corrected chi connectivity index (χ4v) is 3.84. The molecule has 1 heterocycles. The summed E-state index contributed by atoms with van der Waals surface area (Å²) in [7, 11) is 0. The molecule has 21 heavy (non-hydrogen) atoms. The summed E-state index contributed by atoms with van der Waals surface area (Å²) in [5.41, 5.74) is -0.00759. The SMILES string of the molecule is O=[N+]([O-])c1ccc(F)c(F)c1NC1CCc2sc(Cl)cc21. The van der Waals surface area contributed by atoms with E-state index in [0.29, 0.717) is 10.8 Å². The minimum Gasteiger partial charge on any atom is -0.370 e. The van der Waals surface area contributed by atoms with Crippen molar-refractivity contribution < 1.29 is 13.7 Å². The molecular formula is C13H9ClF2N2O2S. The molecule has 0 amide bonds. The van der Waals surface area contributed by atoms with Gasteiger partial charge in [-0.25, -0.2) is 8.78 Å². The number of hydrogen-bond acceptors (Lipinski definition) is 4. The molecule has 0 saturated heterocycles. The van der Waals surface area contributed by atoms with E-state index in [9.17, 15) is 18.9 Å². The van der Waals surface area contributed by atoms with Crippen molar-refractivity contribution >= 4 is 34.3 Å². The monoisotopic (exact) mass is 330 g/mol. The van der Waals surface area contributed by atoms with E-state index in [-0.39, 0.29) is 6.04 Å². The predicted molar refractivity (Wildman–Crippen MR) is 77.0 cm³/mol. The van der Waals surface area contributed by atoms with Gasteiger partial charge in [0.25, 0.3) is 5.69 Å². The van der Waals surface area contributed by atoms with Crippen LogP contribution in [-0.2, 0) is 6.42 Å². The van der Waals surface area contributed by atoms with Crippen molar-refractivity contribution in [3.05, 3.63) is 54.7 Å². The van der Waals surface area contributed by atoms with Crippen LogP contribution in [0.2, 0.25) is 4.34 Å². The van der Waals surface area contributed by atoms with Crippen LogP contribution in [0.5, 0.6) is 0 Å². The molecule has 8 heteroatoms. The number of nitrogens with zero attached hydrogens (tertiary/aromatic N) is 1. The first-order chi connectivity index (χ1) is 9.97. The smallest absolute Gasteiger partial charge is 0.295 e. The second kappa shape index (κ2) is 5.23. The van der Waals surface area contributed by atoms with Gasteiger partial charge in [0.15, 0.2) is 17.3 Å². The van der Waals surface area contributed by atoms with Gasteiger partial charge in [0.1, 0.15) is 0 Å². The van der Waals surface area contributed by atoms with Crippen molar-refractivity contribution in [3.63, 3.8) is 0 Å². The van der Waals surface area contributed by atoms with Crippen LogP contribution in [0.4, 0.5) is 20.2 Å². The first kappa shape index (κ1) is 14.2. The molecule has 0 radical (unpaired) electrons. The van der Waals surface area contributed by atoms with Gasteiger partial charge in [0, 0.05) is 10.9 Å². The van der Waals surface area contributed by atoms with E-state index in [2.05, 4.69) is 5.32 Å². The Balaban J connectivity index is 1.99. The summed E-state index contributed by atoms with van der Waals surface area (Å²) in [6, 6.07) is 3.16. The first-order valence-electron chi connectivity index (χ1n) is 6.14. The number of nitro benzene ring substituents is 1. The first-order valence-corrected chi connectivity index (χ1v) is 7.34. The number of nitrogens with one attached hydrogen (secondary N) is 1. The fraction of sp³-hybridized carbons (Fsp3) is 0.231. The maximum atomic E-state index is 13.9. The van der Waals surface area contributed by atoms with Crippen molar-refractivity contribution in [1.82, 2.24) is 0 Å². The quantitative estimate of drug-likeness (QED) is 0.656. The van der Waals surface area contributed by atoms with E-state index < -0.39 is 27.9 Å². The minimum absolute atomic E-state index is 0.307. The van der Waals surface area contributed by atoms with Gasteiger partial charge in [-0.1, -0.05) is 11.6 Å². The lowest BCUT2D eigenvalue weighted by Crippen LogP contribution is -2.11. The summed E-state index contributed by atoms with van der Waals surface area (Å²) in [6.45, 7) is 0. The summed E-state index contributed by atoms with van der Waals surface area (Å²) in [6.07, 6.45) is 1.42. The van der Waals surface area contributed by atoms with Gasteiger partial charge in [-0.3, -0.25) is 10.1 Å². The molecule has 1 aliphatic carbocycles. The van der Waals surface area contributed by atoms with Crippen LogP contribution in [-0.4, -0.2) is 4.92 Å². The third kappa shape index (κ3) is 2.47. The van der Waals surface area contributed by atoms with Crippen LogP contribution >= 0.6 is 22.9 Å². The number of nitro groups is 1. The summed E-state index contributed by atoms with van der Waals surface area (Å²) in [5, 5.41) is 13.7. The van der Waals surface area contributed by atoms with E-state index in [0.717, 1.165) is 29.0 Å². The summed E-state index contributed by atoms with van der Waals surface area (Å²) in [4.78, 5) is 11.3. The molecule has 0 bridgehead atoms. The van der Waals surface area contributed by atoms with Gasteiger partial charge >= 0.3 is 0 Å². The third-order valence-electron chi connectivity index (χ3n) is 3.44. The second-order valence-electron chi connectivity index (χ2n) is 4.68. The number of anilines is 1. The highest BCUT2D eigenvalue weighted by molar-refractivity contribution is 7.16. The molecule has 3 rings (SSSR count). The summed E-state index contributed by atoms with van der Waals surface area (Å²) in [5.74, 6) is -2.36. The Bertz CT molecular complexity index is 735. The topological polar surface area (TPSA) is 55.2 Å². The van der Waals surface area contributed by atoms with E-state index in [1.165, 1.54) is 11.3 Å². The van der Waals surface area contributed by atoms with Gasteiger partial charge in [0.2, 0.25) is 0 Å². The van der Waals surface area contributed by atoms with Gasteiger partial charge in [-0.15, -0.1) is 11.3 Å². The summed E-state index contributed by atoms with van der Waals surface area (Å²) < 4.78 is 27.8. The molecule has 1 aromatic carbocycles. The molecule has 0 spiro atoms. The molecule has 1 aliphatic rings.